The van der Waals surface area contributed by atoms with Crippen molar-refractivity contribution in [3.05, 3.63) is 59.2 Å². The van der Waals surface area contributed by atoms with Gasteiger partial charge in [0.15, 0.2) is 16.4 Å². The van der Waals surface area contributed by atoms with E-state index >= 15 is 0 Å². The van der Waals surface area contributed by atoms with Crippen molar-refractivity contribution < 1.29 is 22.7 Å². The van der Waals surface area contributed by atoms with Crippen molar-refractivity contribution in [2.24, 2.45) is 0 Å². The minimum absolute atomic E-state index is 0.0646. The number of hydrogen-bond acceptors (Lipinski definition) is 6. The third kappa shape index (κ3) is 5.35. The maximum Gasteiger partial charge on any atom is 0.340 e. The second-order valence-corrected chi connectivity index (χ2v) is 9.39. The van der Waals surface area contributed by atoms with Crippen molar-refractivity contribution in [1.29, 1.82) is 0 Å². The van der Waals surface area contributed by atoms with Crippen LogP contribution in [0.4, 0.5) is 11.4 Å². The summed E-state index contributed by atoms with van der Waals surface area (Å²) in [5.74, 6) is -1.15. The molecule has 1 aliphatic heterocycles. The Hall–Kier alpha value is -2.87. The fraction of sp³-hybridized carbons (Fsp3) is 0.333. The van der Waals surface area contributed by atoms with Gasteiger partial charge in [0.1, 0.15) is 0 Å². The van der Waals surface area contributed by atoms with E-state index in [0.29, 0.717) is 17.7 Å². The monoisotopic (exact) mass is 416 g/mol. The molecular weight excluding hydrogens is 392 g/mol. The van der Waals surface area contributed by atoms with Gasteiger partial charge in [-0.2, -0.15) is 0 Å². The van der Waals surface area contributed by atoms with Gasteiger partial charge in [-0.15, -0.1) is 0 Å². The summed E-state index contributed by atoms with van der Waals surface area (Å²) >= 11 is 0. The summed E-state index contributed by atoms with van der Waals surface area (Å²) in [7, 11) is -3.09. The van der Waals surface area contributed by atoms with Crippen molar-refractivity contribution in [2.75, 3.05) is 23.4 Å². The second kappa shape index (κ2) is 8.65. The average Bonchev–Trinajstić information content (AvgIpc) is 3.02. The van der Waals surface area contributed by atoms with Crippen molar-refractivity contribution in [1.82, 2.24) is 5.32 Å². The van der Waals surface area contributed by atoms with Gasteiger partial charge in [-0.3, -0.25) is 4.79 Å². The van der Waals surface area contributed by atoms with Gasteiger partial charge in [-0.25, -0.2) is 13.2 Å². The first-order valence-electron chi connectivity index (χ1n) is 9.34. The van der Waals surface area contributed by atoms with Crippen LogP contribution in [0, 0.1) is 13.8 Å². The number of rotatable bonds is 6. The smallest absolute Gasteiger partial charge is 0.340 e. The van der Waals surface area contributed by atoms with E-state index in [1.807, 2.05) is 32.0 Å². The summed E-state index contributed by atoms with van der Waals surface area (Å²) in [6.07, 6.45) is 0.380. The number of benzene rings is 2. The number of aryl methyl sites for hydroxylation is 1. The molecule has 8 heteroatoms. The minimum atomic E-state index is -3.09. The Morgan fingerprint density at radius 2 is 1.79 bits per heavy atom. The zero-order valence-corrected chi connectivity index (χ0v) is 17.2. The molecule has 1 amide bonds. The fourth-order valence-corrected chi connectivity index (χ4v) is 4.86. The fourth-order valence-electron chi connectivity index (χ4n) is 3.19. The molecule has 1 fully saturated rings. The van der Waals surface area contributed by atoms with Crippen LogP contribution in [0.2, 0.25) is 0 Å². The maximum atomic E-state index is 12.5. The molecule has 1 atom stereocenters. The summed E-state index contributed by atoms with van der Waals surface area (Å²) in [5.41, 5.74) is 3.96. The molecule has 0 aromatic heterocycles. The van der Waals surface area contributed by atoms with Crippen LogP contribution in [0.25, 0.3) is 0 Å². The largest absolute Gasteiger partial charge is 0.452 e. The van der Waals surface area contributed by atoms with Crippen LogP contribution < -0.4 is 10.6 Å². The highest BCUT2D eigenvalue weighted by atomic mass is 32.2. The van der Waals surface area contributed by atoms with Crippen molar-refractivity contribution in [3.8, 4) is 0 Å². The van der Waals surface area contributed by atoms with E-state index in [1.54, 1.807) is 24.3 Å². The number of carbonyl (C=O) groups is 2. The number of para-hydroxylation sites is 1. The van der Waals surface area contributed by atoms with Crippen molar-refractivity contribution >= 4 is 33.1 Å². The molecule has 0 saturated carbocycles. The summed E-state index contributed by atoms with van der Waals surface area (Å²) in [4.78, 5) is 24.5. The van der Waals surface area contributed by atoms with Gasteiger partial charge < -0.3 is 15.4 Å². The van der Waals surface area contributed by atoms with Crippen LogP contribution in [0.15, 0.2) is 42.5 Å². The Kier molecular flexibility index (Phi) is 6.22. The zero-order chi connectivity index (χ0) is 21.0. The quantitative estimate of drug-likeness (QED) is 0.702. The lowest BCUT2D eigenvalue weighted by Gasteiger charge is -2.15. The molecule has 0 bridgehead atoms. The molecule has 2 N–H and O–H groups in total. The van der Waals surface area contributed by atoms with E-state index in [9.17, 15) is 18.0 Å². The number of nitrogens with one attached hydrogen (secondary N) is 2. The lowest BCUT2D eigenvalue weighted by molar-refractivity contribution is -0.124. The standard InChI is InChI=1S/C21H24N2O5S/c1-14-6-5-9-18(15(14)2)23-19-8-4-3-7-17(19)21(25)28-12-20(24)22-16-10-11-29(26,27)13-16/h3-9,16,23H,10-13H2,1-2H3,(H,22,24). The van der Waals surface area contributed by atoms with Crippen LogP contribution in [-0.4, -0.2) is 44.4 Å². The molecule has 29 heavy (non-hydrogen) atoms. The first kappa shape index (κ1) is 20.9. The number of esters is 1. The summed E-state index contributed by atoms with van der Waals surface area (Å²) in [6, 6.07) is 12.3. The summed E-state index contributed by atoms with van der Waals surface area (Å²) in [6.45, 7) is 3.54. The Labute approximate surface area is 170 Å². The molecular formula is C21H24N2O5S. The Balaban J connectivity index is 1.62. The van der Waals surface area contributed by atoms with Crippen molar-refractivity contribution in [3.63, 3.8) is 0 Å². The number of anilines is 2. The number of sulfone groups is 1. The average molecular weight is 416 g/mol. The van der Waals surface area contributed by atoms with E-state index in [2.05, 4.69) is 10.6 Å². The number of carbonyl (C=O) groups excluding carboxylic acids is 2. The molecule has 7 nitrogen and oxygen atoms in total. The topological polar surface area (TPSA) is 102 Å². The van der Waals surface area contributed by atoms with E-state index < -0.39 is 34.4 Å². The van der Waals surface area contributed by atoms with Gasteiger partial charge in [0.2, 0.25) is 0 Å². The molecule has 0 aliphatic carbocycles. The molecule has 1 heterocycles. The molecule has 0 spiro atoms. The van der Waals surface area contributed by atoms with Crippen LogP contribution in [0.1, 0.15) is 27.9 Å². The van der Waals surface area contributed by atoms with E-state index in [-0.39, 0.29) is 11.5 Å². The molecule has 1 unspecified atom stereocenters. The minimum Gasteiger partial charge on any atom is -0.452 e. The highest BCUT2D eigenvalue weighted by Gasteiger charge is 2.29. The third-order valence-corrected chi connectivity index (χ3v) is 6.72. The Bertz CT molecular complexity index is 1030. The summed E-state index contributed by atoms with van der Waals surface area (Å²) in [5, 5.41) is 5.85. The third-order valence-electron chi connectivity index (χ3n) is 4.95. The normalized spacial score (nSPS) is 17.5. The first-order valence-corrected chi connectivity index (χ1v) is 11.2. The molecule has 0 radical (unpaired) electrons. The van der Waals surface area contributed by atoms with Gasteiger partial charge in [-0.05, 0) is 49.6 Å². The predicted octanol–water partition coefficient (Wildman–Crippen LogP) is 2.51. The SMILES string of the molecule is Cc1cccc(Nc2ccccc2C(=O)OCC(=O)NC2CCS(=O)(=O)C2)c1C. The molecule has 1 aliphatic rings. The number of amides is 1. The van der Waals surface area contributed by atoms with Crippen molar-refractivity contribution in [2.45, 2.75) is 26.3 Å². The molecule has 3 rings (SSSR count). The molecule has 2 aromatic rings. The lowest BCUT2D eigenvalue weighted by atomic mass is 10.1. The zero-order valence-electron chi connectivity index (χ0n) is 16.4. The van der Waals surface area contributed by atoms with Gasteiger partial charge >= 0.3 is 5.97 Å². The number of hydrogen-bond donors (Lipinski definition) is 2. The highest BCUT2D eigenvalue weighted by Crippen LogP contribution is 2.25. The van der Waals surface area contributed by atoms with Crippen LogP contribution in [0.5, 0.6) is 0 Å². The Morgan fingerprint density at radius 1 is 1.07 bits per heavy atom. The van der Waals surface area contributed by atoms with Crippen LogP contribution >= 0.6 is 0 Å². The number of ether oxygens (including phenoxy) is 1. The highest BCUT2D eigenvalue weighted by molar-refractivity contribution is 7.91. The van der Waals surface area contributed by atoms with E-state index in [1.165, 1.54) is 0 Å². The van der Waals surface area contributed by atoms with E-state index in [0.717, 1.165) is 16.8 Å². The van der Waals surface area contributed by atoms with Crippen LogP contribution in [0.3, 0.4) is 0 Å². The Morgan fingerprint density at radius 3 is 2.52 bits per heavy atom. The van der Waals surface area contributed by atoms with Crippen LogP contribution in [-0.2, 0) is 19.4 Å². The molecule has 2 aromatic carbocycles. The molecule has 1 saturated heterocycles. The lowest BCUT2D eigenvalue weighted by Crippen LogP contribution is -2.38. The second-order valence-electron chi connectivity index (χ2n) is 7.16. The van der Waals surface area contributed by atoms with E-state index in [4.69, 9.17) is 4.74 Å². The van der Waals surface area contributed by atoms with Gasteiger partial charge in [0.25, 0.3) is 5.91 Å². The first-order chi connectivity index (χ1) is 13.7. The van der Waals surface area contributed by atoms with Gasteiger partial charge in [-0.1, -0.05) is 24.3 Å². The summed E-state index contributed by atoms with van der Waals surface area (Å²) < 4.78 is 28.1. The molecule has 154 valence electrons. The predicted molar refractivity (Wildman–Crippen MR) is 111 cm³/mol. The van der Waals surface area contributed by atoms with Gasteiger partial charge in [0.05, 0.1) is 22.8 Å². The van der Waals surface area contributed by atoms with Gasteiger partial charge in [0, 0.05) is 11.7 Å². The maximum absolute atomic E-state index is 12.5.